The molecule has 3 aromatic rings. The molecule has 9 nitrogen and oxygen atoms in total. The van der Waals surface area contributed by atoms with Crippen LogP contribution in [0, 0.1) is 0 Å². The minimum absolute atomic E-state index is 0.0521. The van der Waals surface area contributed by atoms with E-state index in [9.17, 15) is 32.3 Å². The van der Waals surface area contributed by atoms with Gasteiger partial charge in [0, 0.05) is 13.5 Å². The van der Waals surface area contributed by atoms with E-state index < -0.39 is 41.8 Å². The number of amides is 3. The lowest BCUT2D eigenvalue weighted by atomic mass is 10.1. The smallest absolute Gasteiger partial charge is 0.416 e. The van der Waals surface area contributed by atoms with Gasteiger partial charge < -0.3 is 14.6 Å². The zero-order valence-corrected chi connectivity index (χ0v) is 18.5. The van der Waals surface area contributed by atoms with Gasteiger partial charge in [-0.05, 0) is 23.8 Å². The minimum Gasteiger partial charge on any atom is -0.456 e. The number of aryl methyl sites for hydroxylation is 1. The summed E-state index contributed by atoms with van der Waals surface area (Å²) < 4.78 is 45.8. The number of benzene rings is 2. The summed E-state index contributed by atoms with van der Waals surface area (Å²) in [6.45, 7) is -0.633. The Morgan fingerprint density at radius 1 is 1.09 bits per heavy atom. The van der Waals surface area contributed by atoms with Crippen LogP contribution < -0.4 is 16.2 Å². The summed E-state index contributed by atoms with van der Waals surface area (Å²) in [6.07, 6.45) is -5.18. The molecular formula is C23H21F3N4O5. The normalized spacial score (nSPS) is 11.2. The zero-order valence-electron chi connectivity index (χ0n) is 18.5. The summed E-state index contributed by atoms with van der Waals surface area (Å²) in [5, 5.41) is 4.07. The van der Waals surface area contributed by atoms with Gasteiger partial charge in [-0.3, -0.25) is 19.7 Å². The largest absolute Gasteiger partial charge is 0.456 e. The van der Waals surface area contributed by atoms with Crippen molar-refractivity contribution in [2.45, 2.75) is 25.6 Å². The van der Waals surface area contributed by atoms with Gasteiger partial charge in [-0.25, -0.2) is 9.78 Å². The number of esters is 1. The van der Waals surface area contributed by atoms with Gasteiger partial charge in [-0.2, -0.15) is 13.2 Å². The van der Waals surface area contributed by atoms with Crippen LogP contribution in [0.2, 0.25) is 0 Å². The zero-order chi connectivity index (χ0) is 25.6. The van der Waals surface area contributed by atoms with Crippen LogP contribution in [0.4, 0.5) is 18.0 Å². The lowest BCUT2D eigenvalue weighted by Crippen LogP contribution is -2.39. The number of nitrogens with zero attached hydrogens (tertiary/aromatic N) is 2. The van der Waals surface area contributed by atoms with E-state index in [1.807, 2.05) is 5.32 Å². The molecule has 0 fully saturated rings. The second kappa shape index (κ2) is 10.8. The van der Waals surface area contributed by atoms with Gasteiger partial charge in [-0.1, -0.05) is 30.3 Å². The van der Waals surface area contributed by atoms with Crippen LogP contribution in [0.25, 0.3) is 11.0 Å². The summed E-state index contributed by atoms with van der Waals surface area (Å²) >= 11 is 0. The number of alkyl halides is 3. The quantitative estimate of drug-likeness (QED) is 0.491. The molecule has 2 N–H and O–H groups in total. The van der Waals surface area contributed by atoms with Gasteiger partial charge in [0.15, 0.2) is 6.61 Å². The molecule has 0 aliphatic carbocycles. The molecule has 0 atom stereocenters. The molecule has 12 heteroatoms. The first kappa shape index (κ1) is 25.4. The van der Waals surface area contributed by atoms with E-state index in [0.717, 1.165) is 17.7 Å². The second-order valence-corrected chi connectivity index (χ2v) is 7.42. The van der Waals surface area contributed by atoms with Gasteiger partial charge in [-0.15, -0.1) is 0 Å². The number of hydrogen-bond donors (Lipinski definition) is 2. The van der Waals surface area contributed by atoms with Crippen LogP contribution in [-0.2, 0) is 33.5 Å². The molecule has 3 amide bonds. The molecule has 0 saturated carbocycles. The van der Waals surface area contributed by atoms with Crippen molar-refractivity contribution in [1.29, 1.82) is 0 Å². The first-order valence-electron chi connectivity index (χ1n) is 10.4. The second-order valence-electron chi connectivity index (χ2n) is 7.42. The molecule has 0 radical (unpaired) electrons. The SMILES string of the molecule is CNC(=O)NC(=O)COC(=O)CCc1nc2cc(C(F)(F)F)ccc2n(Cc2ccccc2)c1=O. The monoisotopic (exact) mass is 490 g/mol. The lowest BCUT2D eigenvalue weighted by Gasteiger charge is -2.14. The van der Waals surface area contributed by atoms with Crippen molar-refractivity contribution in [1.82, 2.24) is 20.2 Å². The molecule has 3 rings (SSSR count). The third kappa shape index (κ3) is 6.65. The van der Waals surface area contributed by atoms with Gasteiger partial charge in [0.25, 0.3) is 11.5 Å². The number of ether oxygens (including phenoxy) is 1. The topological polar surface area (TPSA) is 119 Å². The number of fused-ring (bicyclic) bond motifs is 1. The van der Waals surface area contributed by atoms with Crippen LogP contribution in [-0.4, -0.2) is 41.1 Å². The van der Waals surface area contributed by atoms with Crippen LogP contribution in [0.3, 0.4) is 0 Å². The highest BCUT2D eigenvalue weighted by Gasteiger charge is 2.31. The Bertz CT molecular complexity index is 1310. The van der Waals surface area contributed by atoms with Crippen LogP contribution in [0.1, 0.15) is 23.2 Å². The maximum Gasteiger partial charge on any atom is 0.416 e. The van der Waals surface area contributed by atoms with Crippen LogP contribution in [0.15, 0.2) is 53.3 Å². The number of hydrogen-bond acceptors (Lipinski definition) is 6. The third-order valence-corrected chi connectivity index (χ3v) is 4.93. The Kier molecular flexibility index (Phi) is 7.84. The summed E-state index contributed by atoms with van der Waals surface area (Å²) in [5.41, 5.74) is -0.706. The number of carbonyl (C=O) groups excluding carboxylic acids is 3. The highest BCUT2D eigenvalue weighted by atomic mass is 19.4. The maximum absolute atomic E-state index is 13.2. The van der Waals surface area contributed by atoms with E-state index >= 15 is 0 Å². The Labute approximate surface area is 196 Å². The number of carbonyl (C=O) groups is 3. The van der Waals surface area contributed by atoms with Crippen molar-refractivity contribution < 1.29 is 32.3 Å². The van der Waals surface area contributed by atoms with E-state index in [1.165, 1.54) is 17.7 Å². The predicted molar refractivity (Wildman–Crippen MR) is 118 cm³/mol. The Hall–Kier alpha value is -4.22. The van der Waals surface area contributed by atoms with Crippen molar-refractivity contribution in [3.8, 4) is 0 Å². The average molecular weight is 490 g/mol. The number of halogens is 3. The van der Waals surface area contributed by atoms with E-state index in [2.05, 4.69) is 10.3 Å². The number of rotatable bonds is 7. The summed E-state index contributed by atoms with van der Waals surface area (Å²) in [7, 11) is 1.30. The molecule has 0 aliphatic heterocycles. The Morgan fingerprint density at radius 3 is 2.46 bits per heavy atom. The minimum atomic E-state index is -4.60. The summed E-state index contributed by atoms with van der Waals surface area (Å²) in [5.74, 6) is -1.71. The van der Waals surface area contributed by atoms with E-state index in [1.54, 1.807) is 30.3 Å². The van der Waals surface area contributed by atoms with Gasteiger partial charge in [0.1, 0.15) is 5.69 Å². The fraction of sp³-hybridized carbons (Fsp3) is 0.261. The molecule has 0 bridgehead atoms. The van der Waals surface area contributed by atoms with E-state index in [0.29, 0.717) is 0 Å². The molecule has 184 valence electrons. The van der Waals surface area contributed by atoms with Gasteiger partial charge in [0.05, 0.1) is 29.6 Å². The predicted octanol–water partition coefficient (Wildman–Crippen LogP) is 2.40. The number of nitrogens with one attached hydrogen (secondary N) is 2. The third-order valence-electron chi connectivity index (χ3n) is 4.93. The standard InChI is InChI=1S/C23H21F3N4O5/c1-27-22(34)29-19(31)13-35-20(32)10-8-16-21(33)30(12-14-5-3-2-4-6-14)18-9-7-15(23(24,25)26)11-17(18)28-16/h2-7,9,11H,8,10,12-13H2,1H3,(H2,27,29,31,34). The first-order valence-corrected chi connectivity index (χ1v) is 10.4. The number of imide groups is 1. The van der Waals surface area contributed by atoms with Crippen molar-refractivity contribution in [2.75, 3.05) is 13.7 Å². The molecule has 2 aromatic carbocycles. The maximum atomic E-state index is 13.2. The number of urea groups is 1. The van der Waals surface area contributed by atoms with Crippen LogP contribution in [0.5, 0.6) is 0 Å². The molecule has 1 heterocycles. The van der Waals surface area contributed by atoms with Crippen LogP contribution >= 0.6 is 0 Å². The number of aromatic nitrogens is 2. The molecule has 0 saturated heterocycles. The van der Waals surface area contributed by atoms with Crippen molar-refractivity contribution in [3.63, 3.8) is 0 Å². The fourth-order valence-electron chi connectivity index (χ4n) is 3.23. The Morgan fingerprint density at radius 2 is 1.80 bits per heavy atom. The fourth-order valence-corrected chi connectivity index (χ4v) is 3.23. The molecule has 35 heavy (non-hydrogen) atoms. The summed E-state index contributed by atoms with van der Waals surface area (Å²) in [6, 6.07) is 11.0. The average Bonchev–Trinajstić information content (AvgIpc) is 2.83. The highest BCUT2D eigenvalue weighted by Crippen LogP contribution is 2.31. The molecular weight excluding hydrogens is 469 g/mol. The molecule has 0 spiro atoms. The van der Waals surface area contributed by atoms with Crippen molar-refractivity contribution >= 4 is 28.9 Å². The molecule has 1 aromatic heterocycles. The highest BCUT2D eigenvalue weighted by molar-refractivity contribution is 5.95. The van der Waals surface area contributed by atoms with Gasteiger partial charge in [0.2, 0.25) is 0 Å². The van der Waals surface area contributed by atoms with Gasteiger partial charge >= 0.3 is 18.2 Å². The van der Waals surface area contributed by atoms with E-state index in [-0.39, 0.29) is 36.1 Å². The van der Waals surface area contributed by atoms with Crippen molar-refractivity contribution in [2.24, 2.45) is 0 Å². The first-order chi connectivity index (χ1) is 16.6. The van der Waals surface area contributed by atoms with Crippen molar-refractivity contribution in [3.05, 3.63) is 75.7 Å². The summed E-state index contributed by atoms with van der Waals surface area (Å²) in [4.78, 5) is 51.8. The Balaban J connectivity index is 1.86. The molecule has 0 aliphatic rings. The van der Waals surface area contributed by atoms with E-state index in [4.69, 9.17) is 4.74 Å². The lowest BCUT2D eigenvalue weighted by molar-refractivity contribution is -0.148. The molecule has 0 unspecified atom stereocenters.